The van der Waals surface area contributed by atoms with Crippen LogP contribution in [0.3, 0.4) is 0 Å². The molecule has 0 unspecified atom stereocenters. The van der Waals surface area contributed by atoms with Crippen LogP contribution in [0.1, 0.15) is 11.1 Å². The minimum absolute atomic E-state index is 0.275. The molecule has 0 aliphatic heterocycles. The number of nitrogens with one attached hydrogen (secondary N) is 1. The van der Waals surface area contributed by atoms with E-state index in [1.54, 1.807) is 25.3 Å². The summed E-state index contributed by atoms with van der Waals surface area (Å²) in [4.78, 5) is 0. The molecule has 4 heteroatoms. The molecular formula is C15H16ClNO2. The van der Waals surface area contributed by atoms with E-state index in [2.05, 4.69) is 5.32 Å². The van der Waals surface area contributed by atoms with Crippen molar-refractivity contribution in [3.05, 3.63) is 52.5 Å². The van der Waals surface area contributed by atoms with E-state index in [9.17, 15) is 5.11 Å². The molecule has 0 atom stereocenters. The fourth-order valence-electron chi connectivity index (χ4n) is 1.81. The third kappa shape index (κ3) is 3.32. The summed E-state index contributed by atoms with van der Waals surface area (Å²) in [6.45, 7) is 2.49. The molecule has 0 spiro atoms. The molecule has 0 heterocycles. The smallest absolute Gasteiger partial charge is 0.121 e. The van der Waals surface area contributed by atoms with Crippen LogP contribution in [0, 0.1) is 6.92 Å². The van der Waals surface area contributed by atoms with Crippen molar-refractivity contribution in [3.63, 3.8) is 0 Å². The van der Waals surface area contributed by atoms with E-state index < -0.39 is 0 Å². The van der Waals surface area contributed by atoms with Gasteiger partial charge >= 0.3 is 0 Å². The van der Waals surface area contributed by atoms with Crippen molar-refractivity contribution in [3.8, 4) is 11.5 Å². The molecule has 100 valence electrons. The van der Waals surface area contributed by atoms with Crippen LogP contribution in [0.2, 0.25) is 5.02 Å². The number of phenols is 1. The predicted molar refractivity (Wildman–Crippen MR) is 78.2 cm³/mol. The summed E-state index contributed by atoms with van der Waals surface area (Å²) < 4.78 is 5.16. The third-order valence-corrected chi connectivity index (χ3v) is 3.21. The van der Waals surface area contributed by atoms with Gasteiger partial charge in [0.05, 0.1) is 17.8 Å². The molecule has 2 rings (SSSR count). The number of methoxy groups -OCH3 is 1. The first-order chi connectivity index (χ1) is 9.10. The monoisotopic (exact) mass is 277 g/mol. The molecule has 0 saturated heterocycles. The SMILES string of the molecule is COc1ccc(Cl)c(NCc2cc(C)ccc2O)c1. The number of hydrogen-bond acceptors (Lipinski definition) is 3. The average Bonchev–Trinajstić information content (AvgIpc) is 2.41. The second-order valence-electron chi connectivity index (χ2n) is 4.33. The maximum absolute atomic E-state index is 9.79. The first-order valence-corrected chi connectivity index (χ1v) is 6.34. The Hall–Kier alpha value is -1.87. The minimum Gasteiger partial charge on any atom is -0.508 e. The van der Waals surface area contributed by atoms with E-state index in [1.807, 2.05) is 25.1 Å². The zero-order chi connectivity index (χ0) is 13.8. The molecule has 0 amide bonds. The summed E-state index contributed by atoms with van der Waals surface area (Å²) in [6, 6.07) is 10.9. The zero-order valence-corrected chi connectivity index (χ0v) is 11.7. The average molecular weight is 278 g/mol. The van der Waals surface area contributed by atoms with Gasteiger partial charge in [-0.05, 0) is 25.1 Å². The normalized spacial score (nSPS) is 10.3. The van der Waals surface area contributed by atoms with Crippen LogP contribution in [-0.2, 0) is 6.54 Å². The van der Waals surface area contributed by atoms with Gasteiger partial charge < -0.3 is 15.2 Å². The summed E-state index contributed by atoms with van der Waals surface area (Å²) >= 11 is 6.11. The van der Waals surface area contributed by atoms with Crippen LogP contribution in [0.25, 0.3) is 0 Å². The number of aryl methyl sites for hydroxylation is 1. The molecule has 2 aromatic rings. The Morgan fingerprint density at radius 1 is 1.21 bits per heavy atom. The van der Waals surface area contributed by atoms with E-state index in [1.165, 1.54) is 0 Å². The number of anilines is 1. The van der Waals surface area contributed by atoms with E-state index in [4.69, 9.17) is 16.3 Å². The van der Waals surface area contributed by atoms with Crippen molar-refractivity contribution >= 4 is 17.3 Å². The summed E-state index contributed by atoms with van der Waals surface area (Å²) in [7, 11) is 1.61. The first kappa shape index (κ1) is 13.6. The van der Waals surface area contributed by atoms with E-state index in [0.717, 1.165) is 22.6 Å². The van der Waals surface area contributed by atoms with E-state index in [0.29, 0.717) is 11.6 Å². The van der Waals surface area contributed by atoms with Crippen LogP contribution in [0.15, 0.2) is 36.4 Å². The van der Waals surface area contributed by atoms with Crippen LogP contribution in [0.4, 0.5) is 5.69 Å². The van der Waals surface area contributed by atoms with Crippen molar-refractivity contribution in [1.29, 1.82) is 0 Å². The first-order valence-electron chi connectivity index (χ1n) is 5.96. The highest BCUT2D eigenvalue weighted by Gasteiger charge is 2.05. The van der Waals surface area contributed by atoms with Crippen molar-refractivity contribution in [2.24, 2.45) is 0 Å². The molecule has 0 saturated carbocycles. The Labute approximate surface area is 117 Å². The molecule has 0 aliphatic rings. The minimum atomic E-state index is 0.275. The maximum Gasteiger partial charge on any atom is 0.121 e. The highest BCUT2D eigenvalue weighted by Crippen LogP contribution is 2.28. The van der Waals surface area contributed by atoms with Crippen molar-refractivity contribution in [1.82, 2.24) is 0 Å². The second kappa shape index (κ2) is 5.85. The zero-order valence-electron chi connectivity index (χ0n) is 10.9. The lowest BCUT2D eigenvalue weighted by Crippen LogP contribution is -2.01. The lowest BCUT2D eigenvalue weighted by Gasteiger charge is -2.11. The molecular weight excluding hydrogens is 262 g/mol. The Morgan fingerprint density at radius 2 is 2.00 bits per heavy atom. The van der Waals surface area contributed by atoms with Gasteiger partial charge in [-0.1, -0.05) is 29.3 Å². The standard InChI is InChI=1S/C15H16ClNO2/c1-10-3-6-15(18)11(7-10)9-17-14-8-12(19-2)4-5-13(14)16/h3-8,17-18H,9H2,1-2H3. The predicted octanol–water partition coefficient (Wildman–Crippen LogP) is 3.97. The van der Waals surface area contributed by atoms with Gasteiger partial charge in [0.15, 0.2) is 0 Å². The highest BCUT2D eigenvalue weighted by molar-refractivity contribution is 6.33. The van der Waals surface area contributed by atoms with Gasteiger partial charge in [-0.2, -0.15) is 0 Å². The molecule has 0 fully saturated rings. The number of halogens is 1. The van der Waals surface area contributed by atoms with Gasteiger partial charge in [-0.25, -0.2) is 0 Å². The van der Waals surface area contributed by atoms with Gasteiger partial charge in [-0.3, -0.25) is 0 Å². The molecule has 0 aliphatic carbocycles. The molecule has 0 bridgehead atoms. The molecule has 0 aromatic heterocycles. The molecule has 3 nitrogen and oxygen atoms in total. The quantitative estimate of drug-likeness (QED) is 0.888. The fourth-order valence-corrected chi connectivity index (χ4v) is 2.00. The number of hydrogen-bond donors (Lipinski definition) is 2. The van der Waals surface area contributed by atoms with Crippen molar-refractivity contribution in [2.75, 3.05) is 12.4 Å². The number of ether oxygens (including phenoxy) is 1. The molecule has 0 radical (unpaired) electrons. The van der Waals surface area contributed by atoms with E-state index in [-0.39, 0.29) is 5.75 Å². The van der Waals surface area contributed by atoms with Crippen molar-refractivity contribution < 1.29 is 9.84 Å². The molecule has 19 heavy (non-hydrogen) atoms. The number of phenolic OH excluding ortho intramolecular Hbond substituents is 1. The lowest BCUT2D eigenvalue weighted by molar-refractivity contribution is 0.415. The van der Waals surface area contributed by atoms with Crippen LogP contribution < -0.4 is 10.1 Å². The fraction of sp³-hybridized carbons (Fsp3) is 0.200. The third-order valence-electron chi connectivity index (χ3n) is 2.88. The van der Waals surface area contributed by atoms with Gasteiger partial charge in [0.25, 0.3) is 0 Å². The van der Waals surface area contributed by atoms with Crippen LogP contribution in [0.5, 0.6) is 11.5 Å². The summed E-state index contributed by atoms with van der Waals surface area (Å²) in [5.41, 5.74) is 2.71. The Bertz CT molecular complexity index is 584. The second-order valence-corrected chi connectivity index (χ2v) is 4.74. The number of benzene rings is 2. The summed E-state index contributed by atoms with van der Waals surface area (Å²) in [5, 5.41) is 13.6. The Balaban J connectivity index is 2.16. The van der Waals surface area contributed by atoms with Crippen LogP contribution in [-0.4, -0.2) is 12.2 Å². The van der Waals surface area contributed by atoms with Gasteiger partial charge in [0, 0.05) is 18.2 Å². The molecule has 2 aromatic carbocycles. The van der Waals surface area contributed by atoms with Crippen molar-refractivity contribution in [2.45, 2.75) is 13.5 Å². The van der Waals surface area contributed by atoms with Gasteiger partial charge in [-0.15, -0.1) is 0 Å². The topological polar surface area (TPSA) is 41.5 Å². The Kier molecular flexibility index (Phi) is 4.17. The molecule has 2 N–H and O–H groups in total. The van der Waals surface area contributed by atoms with E-state index >= 15 is 0 Å². The number of rotatable bonds is 4. The van der Waals surface area contributed by atoms with Gasteiger partial charge in [0.1, 0.15) is 11.5 Å². The summed E-state index contributed by atoms with van der Waals surface area (Å²) in [6.07, 6.45) is 0. The highest BCUT2D eigenvalue weighted by atomic mass is 35.5. The number of aromatic hydroxyl groups is 1. The van der Waals surface area contributed by atoms with Crippen LogP contribution >= 0.6 is 11.6 Å². The van der Waals surface area contributed by atoms with Gasteiger partial charge in [0.2, 0.25) is 0 Å². The largest absolute Gasteiger partial charge is 0.508 e. The Morgan fingerprint density at radius 3 is 2.74 bits per heavy atom. The summed E-state index contributed by atoms with van der Waals surface area (Å²) in [5.74, 6) is 1.01. The lowest BCUT2D eigenvalue weighted by atomic mass is 10.1. The maximum atomic E-state index is 9.79.